The number of rotatable bonds is 0. The van der Waals surface area contributed by atoms with Crippen molar-refractivity contribution < 1.29 is 9.84 Å². The molecular weight excluding hydrogens is 160 g/mol. The van der Waals surface area contributed by atoms with Crippen LogP contribution in [0.4, 0.5) is 5.95 Å². The average molecular weight is 168 g/mol. The Bertz CT molecular complexity index is 355. The second-order valence-electron chi connectivity index (χ2n) is 2.53. The second-order valence-corrected chi connectivity index (χ2v) is 2.53. The first kappa shape index (κ1) is 6.84. The lowest BCUT2D eigenvalue weighted by Gasteiger charge is -2.10. The Morgan fingerprint density at radius 3 is 3.25 bits per heavy atom. The number of hydrogen-bond acceptors (Lipinski definition) is 4. The molecule has 0 saturated heterocycles. The van der Waals surface area contributed by atoms with Crippen molar-refractivity contribution in [1.29, 1.82) is 0 Å². The van der Waals surface area contributed by atoms with Crippen LogP contribution in [0.5, 0.6) is 5.88 Å². The highest BCUT2D eigenvalue weighted by Gasteiger charge is 2.21. The fourth-order valence-corrected chi connectivity index (χ4v) is 1.14. The lowest BCUT2D eigenvalue weighted by molar-refractivity contribution is -0.589. The van der Waals surface area contributed by atoms with Gasteiger partial charge in [-0.15, -0.1) is 0 Å². The minimum absolute atomic E-state index is 0.0729. The summed E-state index contributed by atoms with van der Waals surface area (Å²) in [5, 5.41) is 22.9. The summed E-state index contributed by atoms with van der Waals surface area (Å²) in [6, 6.07) is 0. The Labute approximate surface area is 68.1 Å². The van der Waals surface area contributed by atoms with Gasteiger partial charge in [-0.05, 0) is 0 Å². The Hall–Kier alpha value is -1.85. The number of imidazole rings is 1. The molecule has 1 aromatic heterocycles. The fourth-order valence-electron chi connectivity index (χ4n) is 1.14. The van der Waals surface area contributed by atoms with E-state index < -0.39 is 0 Å². The van der Waals surface area contributed by atoms with Gasteiger partial charge in [0.2, 0.25) is 0 Å². The van der Waals surface area contributed by atoms with E-state index in [0.29, 0.717) is 17.1 Å². The third kappa shape index (κ3) is 0.777. The highest BCUT2D eigenvalue weighted by Crippen LogP contribution is 2.18. The van der Waals surface area contributed by atoms with Gasteiger partial charge in [0.15, 0.2) is 5.82 Å². The molecule has 2 rings (SSSR count). The Balaban J connectivity index is 2.51. The average Bonchev–Trinajstić information content (AvgIpc) is 2.28. The fraction of sp³-hybridized carbons (Fsp3) is 0.167. The summed E-state index contributed by atoms with van der Waals surface area (Å²) in [6.45, 7) is 0.412. The molecule has 0 radical (unpaired) electrons. The van der Waals surface area contributed by atoms with Gasteiger partial charge in [0.1, 0.15) is 6.20 Å². The van der Waals surface area contributed by atoms with Crippen molar-refractivity contribution in [3.8, 4) is 5.88 Å². The predicted octanol–water partition coefficient (Wildman–Crippen LogP) is -0.947. The van der Waals surface area contributed by atoms with E-state index in [1.165, 1.54) is 4.57 Å². The van der Waals surface area contributed by atoms with Gasteiger partial charge in [-0.25, -0.2) is 10.0 Å². The number of aromatic nitrogens is 2. The summed E-state index contributed by atoms with van der Waals surface area (Å²) in [5.74, 6) is 0.592. The molecule has 0 saturated carbocycles. The molecule has 6 heteroatoms. The van der Waals surface area contributed by atoms with Crippen LogP contribution < -0.4 is 15.8 Å². The van der Waals surface area contributed by atoms with Crippen LogP contribution >= 0.6 is 0 Å². The topological polar surface area (TPSA) is 90.2 Å². The van der Waals surface area contributed by atoms with Gasteiger partial charge in [0.05, 0.1) is 6.54 Å². The van der Waals surface area contributed by atoms with E-state index in [1.807, 2.05) is 0 Å². The zero-order valence-corrected chi connectivity index (χ0v) is 6.19. The number of nitrogens with zero attached hydrogens (tertiary/aromatic N) is 2. The smallest absolute Gasteiger partial charge is 0.367 e. The first-order valence-electron chi connectivity index (χ1n) is 3.43. The van der Waals surface area contributed by atoms with Gasteiger partial charge < -0.3 is 16.0 Å². The van der Waals surface area contributed by atoms with Crippen molar-refractivity contribution in [1.82, 2.24) is 4.57 Å². The van der Waals surface area contributed by atoms with Crippen molar-refractivity contribution in [2.24, 2.45) is 5.73 Å². The Kier molecular flexibility index (Phi) is 1.18. The van der Waals surface area contributed by atoms with Crippen LogP contribution in [0.15, 0.2) is 18.1 Å². The number of hydrogen-bond donors (Lipinski definition) is 3. The van der Waals surface area contributed by atoms with Gasteiger partial charge in [-0.3, -0.25) is 0 Å². The van der Waals surface area contributed by atoms with E-state index in [2.05, 4.69) is 5.32 Å². The van der Waals surface area contributed by atoms with E-state index in [9.17, 15) is 10.3 Å². The molecule has 0 spiro atoms. The first-order valence-corrected chi connectivity index (χ1v) is 3.43. The van der Waals surface area contributed by atoms with Crippen LogP contribution in [-0.2, 0) is 6.54 Å². The standard InChI is InChI=1S/C6H8N4O2/c7-4-1-2-9-5(11)3-10(12)6(9)8-4/h1,3,8,11H,2,7H2. The predicted molar refractivity (Wildman–Crippen MR) is 40.9 cm³/mol. The Morgan fingerprint density at radius 1 is 1.75 bits per heavy atom. The van der Waals surface area contributed by atoms with Crippen molar-refractivity contribution in [2.45, 2.75) is 6.54 Å². The molecule has 12 heavy (non-hydrogen) atoms. The molecule has 0 aromatic carbocycles. The summed E-state index contributed by atoms with van der Waals surface area (Å²) in [6.07, 6.45) is 2.75. The third-order valence-corrected chi connectivity index (χ3v) is 1.72. The normalized spacial score (nSPS) is 14.8. The van der Waals surface area contributed by atoms with Crippen LogP contribution in [-0.4, -0.2) is 9.67 Å². The zero-order valence-electron chi connectivity index (χ0n) is 6.19. The highest BCUT2D eigenvalue weighted by molar-refractivity contribution is 5.36. The molecule has 0 amide bonds. The molecule has 1 aliphatic heterocycles. The summed E-state index contributed by atoms with van der Waals surface area (Å²) < 4.78 is 1.96. The van der Waals surface area contributed by atoms with Gasteiger partial charge in [0.25, 0.3) is 5.88 Å². The summed E-state index contributed by atoms with van der Waals surface area (Å²) in [7, 11) is 0. The number of allylic oxidation sites excluding steroid dienone is 1. The molecule has 6 nitrogen and oxygen atoms in total. The van der Waals surface area contributed by atoms with E-state index in [0.717, 1.165) is 6.20 Å². The SMILES string of the molecule is NC1=CCn2c(O)c[n+]([O-])c2N1. The quantitative estimate of drug-likeness (QED) is 0.344. The molecule has 4 N–H and O–H groups in total. The molecule has 2 heterocycles. The molecule has 0 aliphatic carbocycles. The van der Waals surface area contributed by atoms with Gasteiger partial charge in [-0.1, -0.05) is 0 Å². The lowest BCUT2D eigenvalue weighted by atomic mass is 10.5. The molecular formula is C6H8N4O2. The first-order chi connectivity index (χ1) is 5.68. The van der Waals surface area contributed by atoms with Crippen molar-refractivity contribution >= 4 is 5.95 Å². The number of nitrogens with one attached hydrogen (secondary N) is 1. The minimum Gasteiger partial charge on any atom is -0.740 e. The van der Waals surface area contributed by atoms with E-state index in [4.69, 9.17) is 5.73 Å². The third-order valence-electron chi connectivity index (χ3n) is 1.72. The molecule has 0 fully saturated rings. The van der Waals surface area contributed by atoms with Crippen LogP contribution in [0.1, 0.15) is 0 Å². The summed E-state index contributed by atoms with van der Waals surface area (Å²) >= 11 is 0. The molecule has 0 bridgehead atoms. The molecule has 64 valence electrons. The van der Waals surface area contributed by atoms with Crippen LogP contribution in [0.25, 0.3) is 0 Å². The van der Waals surface area contributed by atoms with E-state index in [-0.39, 0.29) is 11.8 Å². The summed E-state index contributed by atoms with van der Waals surface area (Å²) in [5.41, 5.74) is 5.43. The molecule has 0 atom stereocenters. The van der Waals surface area contributed by atoms with Gasteiger partial charge in [-0.2, -0.15) is 4.57 Å². The monoisotopic (exact) mass is 168 g/mol. The number of nitrogens with two attached hydrogens (primary N) is 1. The van der Waals surface area contributed by atoms with Crippen molar-refractivity contribution in [3.05, 3.63) is 23.3 Å². The van der Waals surface area contributed by atoms with Crippen LogP contribution in [0.2, 0.25) is 0 Å². The molecule has 0 unspecified atom stereocenters. The van der Waals surface area contributed by atoms with Crippen LogP contribution in [0, 0.1) is 5.21 Å². The number of fused-ring (bicyclic) bond motifs is 1. The van der Waals surface area contributed by atoms with E-state index >= 15 is 0 Å². The largest absolute Gasteiger partial charge is 0.740 e. The summed E-state index contributed by atoms with van der Waals surface area (Å²) in [4.78, 5) is 0. The van der Waals surface area contributed by atoms with Gasteiger partial charge in [0, 0.05) is 6.08 Å². The molecule has 1 aliphatic rings. The van der Waals surface area contributed by atoms with Crippen molar-refractivity contribution in [2.75, 3.05) is 5.32 Å². The molecule has 1 aromatic rings. The van der Waals surface area contributed by atoms with Crippen LogP contribution in [0.3, 0.4) is 0 Å². The Morgan fingerprint density at radius 2 is 2.50 bits per heavy atom. The maximum absolute atomic E-state index is 11.0. The maximum Gasteiger partial charge on any atom is 0.367 e. The maximum atomic E-state index is 11.0. The van der Waals surface area contributed by atoms with Crippen molar-refractivity contribution in [3.63, 3.8) is 0 Å². The number of anilines is 1. The minimum atomic E-state index is -0.0729. The van der Waals surface area contributed by atoms with E-state index in [1.54, 1.807) is 6.08 Å². The second kappa shape index (κ2) is 2.07. The lowest BCUT2D eigenvalue weighted by Crippen LogP contribution is -2.32. The zero-order chi connectivity index (χ0) is 8.72. The number of aromatic hydroxyl groups is 1. The van der Waals surface area contributed by atoms with Gasteiger partial charge >= 0.3 is 5.95 Å². The highest BCUT2D eigenvalue weighted by atomic mass is 16.5.